The summed E-state index contributed by atoms with van der Waals surface area (Å²) >= 11 is 0. The number of hydrogen-bond acceptors (Lipinski definition) is 2. The van der Waals surface area contributed by atoms with Crippen LogP contribution in [0.1, 0.15) is 18.5 Å². The Morgan fingerprint density at radius 3 is 2.61 bits per heavy atom. The van der Waals surface area contributed by atoms with Crippen molar-refractivity contribution in [3.63, 3.8) is 0 Å². The highest BCUT2D eigenvalue weighted by Crippen LogP contribution is 2.47. The van der Waals surface area contributed by atoms with Gasteiger partial charge < -0.3 is 5.11 Å². The minimum atomic E-state index is 0.141. The number of aliphatic hydroxyl groups is 1. The van der Waals surface area contributed by atoms with E-state index in [-0.39, 0.29) is 5.41 Å². The maximum atomic E-state index is 9.40. The smallest absolute Gasteiger partial charge is 0.0925 e. The van der Waals surface area contributed by atoms with E-state index in [1.165, 1.54) is 5.69 Å². The molecule has 0 amide bonds. The lowest BCUT2D eigenvalue weighted by molar-refractivity contribution is 0.209. The van der Waals surface area contributed by atoms with Gasteiger partial charge >= 0.3 is 0 Å². The summed E-state index contributed by atoms with van der Waals surface area (Å²) in [5.74, 6) is 0. The zero-order valence-corrected chi connectivity index (χ0v) is 10.6. The molecule has 0 unspecified atom stereocenters. The van der Waals surface area contributed by atoms with E-state index in [1.54, 1.807) is 0 Å². The standard InChI is InChI=1S/C15H18N2O/c1-17-13(10-15(11-18)7-8-15)9-14(16-17)12-5-3-2-4-6-12/h2-6,9,18H,7-8,10-11H2,1H3. The first kappa shape index (κ1) is 11.5. The molecular weight excluding hydrogens is 224 g/mol. The Balaban J connectivity index is 1.87. The minimum absolute atomic E-state index is 0.141. The first-order valence-corrected chi connectivity index (χ1v) is 6.42. The predicted octanol–water partition coefficient (Wildman–Crippen LogP) is 2.40. The molecule has 3 rings (SSSR count). The topological polar surface area (TPSA) is 38.0 Å². The van der Waals surface area contributed by atoms with Crippen molar-refractivity contribution in [2.75, 3.05) is 6.61 Å². The minimum Gasteiger partial charge on any atom is -0.396 e. The number of nitrogens with zero attached hydrogens (tertiary/aromatic N) is 2. The fourth-order valence-corrected chi connectivity index (χ4v) is 2.37. The molecule has 1 aromatic carbocycles. The lowest BCUT2D eigenvalue weighted by Gasteiger charge is -2.10. The van der Waals surface area contributed by atoms with E-state index < -0.39 is 0 Å². The Bertz CT molecular complexity index is 541. The number of aromatic nitrogens is 2. The highest BCUT2D eigenvalue weighted by atomic mass is 16.3. The molecule has 1 saturated carbocycles. The van der Waals surface area contributed by atoms with Crippen LogP contribution in [0, 0.1) is 5.41 Å². The molecule has 18 heavy (non-hydrogen) atoms. The first-order valence-electron chi connectivity index (χ1n) is 6.42. The lowest BCUT2D eigenvalue weighted by atomic mass is 10.0. The average Bonchev–Trinajstić information content (AvgIpc) is 3.09. The fraction of sp³-hybridized carbons (Fsp3) is 0.400. The number of hydrogen-bond donors (Lipinski definition) is 1. The quantitative estimate of drug-likeness (QED) is 0.894. The van der Waals surface area contributed by atoms with E-state index >= 15 is 0 Å². The van der Waals surface area contributed by atoms with Gasteiger partial charge in [-0.3, -0.25) is 4.68 Å². The second-order valence-corrected chi connectivity index (χ2v) is 5.35. The van der Waals surface area contributed by atoms with Gasteiger partial charge in [0.25, 0.3) is 0 Å². The maximum absolute atomic E-state index is 9.40. The third kappa shape index (κ3) is 2.06. The molecule has 3 nitrogen and oxygen atoms in total. The van der Waals surface area contributed by atoms with Gasteiger partial charge in [0.2, 0.25) is 0 Å². The van der Waals surface area contributed by atoms with Gasteiger partial charge in [-0.05, 0) is 30.7 Å². The van der Waals surface area contributed by atoms with Gasteiger partial charge in [0.15, 0.2) is 0 Å². The summed E-state index contributed by atoms with van der Waals surface area (Å²) in [5.41, 5.74) is 3.51. The predicted molar refractivity (Wildman–Crippen MR) is 71.1 cm³/mol. The summed E-state index contributed by atoms with van der Waals surface area (Å²) in [5, 5.41) is 14.0. The summed E-state index contributed by atoms with van der Waals surface area (Å²) in [7, 11) is 1.98. The van der Waals surface area contributed by atoms with Crippen LogP contribution in [0.3, 0.4) is 0 Å². The van der Waals surface area contributed by atoms with Crippen molar-refractivity contribution in [3.05, 3.63) is 42.1 Å². The first-order chi connectivity index (χ1) is 8.72. The maximum Gasteiger partial charge on any atom is 0.0925 e. The Hall–Kier alpha value is -1.61. The van der Waals surface area contributed by atoms with E-state index in [4.69, 9.17) is 0 Å². The lowest BCUT2D eigenvalue weighted by Crippen LogP contribution is -2.12. The van der Waals surface area contributed by atoms with Crippen LogP contribution in [0.25, 0.3) is 11.3 Å². The van der Waals surface area contributed by atoms with Gasteiger partial charge in [-0.15, -0.1) is 0 Å². The van der Waals surface area contributed by atoms with Crippen LogP contribution in [0.15, 0.2) is 36.4 Å². The van der Waals surface area contributed by atoms with Crippen molar-refractivity contribution in [3.8, 4) is 11.3 Å². The molecule has 0 radical (unpaired) electrons. The monoisotopic (exact) mass is 242 g/mol. The molecule has 0 spiro atoms. The van der Waals surface area contributed by atoms with E-state index in [0.717, 1.165) is 30.5 Å². The molecule has 2 aromatic rings. The highest BCUT2D eigenvalue weighted by Gasteiger charge is 2.42. The van der Waals surface area contributed by atoms with E-state index in [1.807, 2.05) is 29.9 Å². The van der Waals surface area contributed by atoms with Crippen LogP contribution in [0.2, 0.25) is 0 Å². The summed E-state index contributed by atoms with van der Waals surface area (Å²) < 4.78 is 1.94. The fourth-order valence-electron chi connectivity index (χ4n) is 2.37. The van der Waals surface area contributed by atoms with Crippen LogP contribution >= 0.6 is 0 Å². The van der Waals surface area contributed by atoms with Crippen molar-refractivity contribution in [2.45, 2.75) is 19.3 Å². The van der Waals surface area contributed by atoms with Gasteiger partial charge in [-0.25, -0.2) is 0 Å². The van der Waals surface area contributed by atoms with Crippen LogP contribution in [0.5, 0.6) is 0 Å². The molecule has 1 aliphatic carbocycles. The number of aliphatic hydroxyl groups excluding tert-OH is 1. The second-order valence-electron chi connectivity index (χ2n) is 5.35. The summed E-state index contributed by atoms with van der Waals surface area (Å²) in [6, 6.07) is 12.4. The van der Waals surface area contributed by atoms with E-state index in [0.29, 0.717) is 6.61 Å². The molecule has 1 aliphatic rings. The van der Waals surface area contributed by atoms with E-state index in [2.05, 4.69) is 23.3 Å². The van der Waals surface area contributed by atoms with Gasteiger partial charge in [0, 0.05) is 24.9 Å². The van der Waals surface area contributed by atoms with Crippen molar-refractivity contribution < 1.29 is 5.11 Å². The molecule has 0 saturated heterocycles. The molecule has 3 heteroatoms. The number of aryl methyl sites for hydroxylation is 1. The van der Waals surface area contributed by atoms with Gasteiger partial charge in [0.05, 0.1) is 5.69 Å². The van der Waals surface area contributed by atoms with Gasteiger partial charge in [0.1, 0.15) is 0 Å². The summed E-state index contributed by atoms with van der Waals surface area (Å²) in [6.45, 7) is 0.291. The third-order valence-corrected chi connectivity index (χ3v) is 3.89. The zero-order valence-electron chi connectivity index (χ0n) is 10.6. The average molecular weight is 242 g/mol. The molecule has 1 fully saturated rings. The molecule has 1 aromatic heterocycles. The highest BCUT2D eigenvalue weighted by molar-refractivity contribution is 5.59. The zero-order chi connectivity index (χ0) is 12.6. The molecular formula is C15H18N2O. The van der Waals surface area contributed by atoms with Crippen LogP contribution in [-0.4, -0.2) is 21.5 Å². The van der Waals surface area contributed by atoms with Crippen LogP contribution in [0.4, 0.5) is 0 Å². The van der Waals surface area contributed by atoms with Crippen LogP contribution in [-0.2, 0) is 13.5 Å². The Kier molecular flexibility index (Phi) is 2.71. The van der Waals surface area contributed by atoms with Crippen molar-refractivity contribution in [1.82, 2.24) is 9.78 Å². The molecule has 1 N–H and O–H groups in total. The van der Waals surface area contributed by atoms with Gasteiger partial charge in [-0.2, -0.15) is 5.10 Å². The third-order valence-electron chi connectivity index (χ3n) is 3.89. The van der Waals surface area contributed by atoms with Crippen molar-refractivity contribution in [2.24, 2.45) is 12.5 Å². The van der Waals surface area contributed by atoms with Crippen molar-refractivity contribution >= 4 is 0 Å². The van der Waals surface area contributed by atoms with Crippen LogP contribution < -0.4 is 0 Å². The normalized spacial score (nSPS) is 16.8. The molecule has 1 heterocycles. The van der Waals surface area contributed by atoms with Gasteiger partial charge in [-0.1, -0.05) is 30.3 Å². The molecule has 0 aliphatic heterocycles. The molecule has 0 bridgehead atoms. The SMILES string of the molecule is Cn1nc(-c2ccccc2)cc1CC1(CO)CC1. The summed E-state index contributed by atoms with van der Waals surface area (Å²) in [4.78, 5) is 0. The Morgan fingerprint density at radius 2 is 2.00 bits per heavy atom. The Labute approximate surface area is 107 Å². The number of benzene rings is 1. The van der Waals surface area contributed by atoms with Crippen molar-refractivity contribution in [1.29, 1.82) is 0 Å². The second kappa shape index (κ2) is 4.25. The van der Waals surface area contributed by atoms with E-state index in [9.17, 15) is 5.11 Å². The molecule has 0 atom stereocenters. The number of rotatable bonds is 4. The summed E-state index contributed by atoms with van der Waals surface area (Å²) in [6.07, 6.45) is 3.20. The Morgan fingerprint density at radius 1 is 1.28 bits per heavy atom. The molecule has 94 valence electrons. The largest absolute Gasteiger partial charge is 0.396 e.